The van der Waals surface area contributed by atoms with E-state index in [-0.39, 0.29) is 11.5 Å². The Bertz CT molecular complexity index is 1900. The molecule has 0 saturated carbocycles. The van der Waals surface area contributed by atoms with Gasteiger partial charge in [0.2, 0.25) is 0 Å². The normalized spacial score (nSPS) is 13.1. The molecule has 1 aliphatic rings. The number of nitrogens with one attached hydrogen (secondary N) is 2. The van der Waals surface area contributed by atoms with Gasteiger partial charge in [0.15, 0.2) is 0 Å². The van der Waals surface area contributed by atoms with Crippen molar-refractivity contribution in [3.63, 3.8) is 0 Å². The smallest absolute Gasteiger partial charge is 0.268 e. The lowest BCUT2D eigenvalue weighted by Crippen LogP contribution is -2.39. The molecule has 0 atom stereocenters. The third-order valence-electron chi connectivity index (χ3n) is 7.15. The summed E-state index contributed by atoms with van der Waals surface area (Å²) >= 11 is 0. The first-order valence-electron chi connectivity index (χ1n) is 13.5. The highest BCUT2D eigenvalue weighted by Crippen LogP contribution is 2.34. The Hall–Kier alpha value is -5.29. The summed E-state index contributed by atoms with van der Waals surface area (Å²) in [5, 5.41) is 16.6. The average molecular weight is 564 g/mol. The number of carbonyl (C=O) groups excluding carboxylic acids is 2. The van der Waals surface area contributed by atoms with Crippen LogP contribution in [0, 0.1) is 0 Å². The van der Waals surface area contributed by atoms with Crippen molar-refractivity contribution < 1.29 is 14.7 Å². The maximum absolute atomic E-state index is 13.6. The highest BCUT2D eigenvalue weighted by molar-refractivity contribution is 6.07. The van der Waals surface area contributed by atoms with Crippen LogP contribution in [0.1, 0.15) is 40.3 Å². The molecule has 0 bridgehead atoms. The SMILES string of the molecule is CC(C)(O)Cn1cc(-c2ccc(NC(=O)c3cc4c(n(-c5ccccc5)c3=O)CCNC4=O)cc2)c2c(N)ncnc21. The molecule has 2 aromatic carbocycles. The topological polar surface area (TPSA) is 157 Å². The zero-order valence-corrected chi connectivity index (χ0v) is 23.1. The molecule has 1 aliphatic heterocycles. The number of rotatable bonds is 6. The van der Waals surface area contributed by atoms with E-state index < -0.39 is 17.1 Å². The number of nitrogens with zero attached hydrogens (tertiary/aromatic N) is 4. The van der Waals surface area contributed by atoms with Crippen molar-refractivity contribution in [1.82, 2.24) is 24.4 Å². The molecule has 0 radical (unpaired) electrons. The van der Waals surface area contributed by atoms with Gasteiger partial charge in [-0.2, -0.15) is 0 Å². The Kier molecular flexibility index (Phi) is 6.58. The highest BCUT2D eigenvalue weighted by Gasteiger charge is 2.26. The van der Waals surface area contributed by atoms with Gasteiger partial charge in [0, 0.05) is 41.8 Å². The minimum atomic E-state index is -0.979. The number of nitrogens with two attached hydrogens (primary N) is 1. The second-order valence-corrected chi connectivity index (χ2v) is 10.9. The third-order valence-corrected chi connectivity index (χ3v) is 7.15. The molecule has 2 amide bonds. The molecule has 11 heteroatoms. The first kappa shape index (κ1) is 26.9. The predicted molar refractivity (Wildman–Crippen MR) is 160 cm³/mol. The Balaban J connectivity index is 1.34. The van der Waals surface area contributed by atoms with Gasteiger partial charge >= 0.3 is 0 Å². The summed E-state index contributed by atoms with van der Waals surface area (Å²) < 4.78 is 3.28. The summed E-state index contributed by atoms with van der Waals surface area (Å²) in [5.41, 5.74) is 8.68. The maximum atomic E-state index is 13.6. The summed E-state index contributed by atoms with van der Waals surface area (Å²) in [6.45, 7) is 4.13. The van der Waals surface area contributed by atoms with Crippen molar-refractivity contribution in [2.24, 2.45) is 0 Å². The van der Waals surface area contributed by atoms with Crippen molar-refractivity contribution in [3.05, 3.63) is 100 Å². The van der Waals surface area contributed by atoms with Crippen LogP contribution < -0.4 is 21.9 Å². The lowest BCUT2D eigenvalue weighted by Gasteiger charge is -2.22. The number of carbonyl (C=O) groups is 2. The Morgan fingerprint density at radius 3 is 2.52 bits per heavy atom. The molecule has 11 nitrogen and oxygen atoms in total. The number of benzene rings is 2. The van der Waals surface area contributed by atoms with Gasteiger partial charge in [0.1, 0.15) is 23.4 Å². The third kappa shape index (κ3) is 4.90. The molecule has 0 unspecified atom stereocenters. The number of hydrogen-bond donors (Lipinski definition) is 4. The number of nitrogen functional groups attached to an aromatic ring is 1. The fraction of sp³-hybridized carbons (Fsp3) is 0.194. The van der Waals surface area contributed by atoms with Crippen molar-refractivity contribution in [2.45, 2.75) is 32.4 Å². The van der Waals surface area contributed by atoms with Crippen LogP contribution in [0.5, 0.6) is 0 Å². The lowest BCUT2D eigenvalue weighted by molar-refractivity contribution is 0.0627. The minimum Gasteiger partial charge on any atom is -0.389 e. The molecule has 0 spiro atoms. The molecule has 6 rings (SSSR count). The van der Waals surface area contributed by atoms with E-state index in [4.69, 9.17) is 5.73 Å². The fourth-order valence-corrected chi connectivity index (χ4v) is 5.33. The quantitative estimate of drug-likeness (QED) is 0.247. The maximum Gasteiger partial charge on any atom is 0.268 e. The molecular weight excluding hydrogens is 534 g/mol. The second kappa shape index (κ2) is 10.3. The molecular formula is C31H29N7O4. The summed E-state index contributed by atoms with van der Waals surface area (Å²) in [6.07, 6.45) is 3.72. The van der Waals surface area contributed by atoms with Crippen molar-refractivity contribution in [1.29, 1.82) is 0 Å². The number of aliphatic hydroxyl groups is 1. The minimum absolute atomic E-state index is 0.140. The first-order chi connectivity index (χ1) is 20.1. The number of aromatic nitrogens is 4. The average Bonchev–Trinajstić information content (AvgIpc) is 3.32. The van der Waals surface area contributed by atoms with Crippen LogP contribution in [-0.2, 0) is 13.0 Å². The first-order valence-corrected chi connectivity index (χ1v) is 13.5. The summed E-state index contributed by atoms with van der Waals surface area (Å²) in [4.78, 5) is 48.2. The van der Waals surface area contributed by atoms with Crippen LogP contribution in [0.15, 0.2) is 78.0 Å². The number of fused-ring (bicyclic) bond motifs is 2. The van der Waals surface area contributed by atoms with Crippen LogP contribution in [0.2, 0.25) is 0 Å². The zero-order valence-electron chi connectivity index (χ0n) is 23.1. The van der Waals surface area contributed by atoms with E-state index >= 15 is 0 Å². The van der Waals surface area contributed by atoms with Crippen molar-refractivity contribution in [2.75, 3.05) is 17.6 Å². The molecule has 3 aromatic heterocycles. The predicted octanol–water partition coefficient (Wildman–Crippen LogP) is 3.14. The van der Waals surface area contributed by atoms with E-state index in [1.807, 2.05) is 29.0 Å². The Labute approximate surface area is 240 Å². The Morgan fingerprint density at radius 1 is 1.07 bits per heavy atom. The number of pyridine rings is 1. The van der Waals surface area contributed by atoms with Crippen molar-refractivity contribution in [3.8, 4) is 16.8 Å². The van der Waals surface area contributed by atoms with Gasteiger partial charge in [-0.05, 0) is 49.7 Å². The zero-order chi connectivity index (χ0) is 29.6. The summed E-state index contributed by atoms with van der Waals surface area (Å²) in [7, 11) is 0. The summed E-state index contributed by atoms with van der Waals surface area (Å²) in [5.74, 6) is -0.641. The fourth-order valence-electron chi connectivity index (χ4n) is 5.33. The van der Waals surface area contributed by atoms with E-state index in [2.05, 4.69) is 20.6 Å². The van der Waals surface area contributed by atoms with E-state index in [1.54, 1.807) is 50.2 Å². The second-order valence-electron chi connectivity index (χ2n) is 10.9. The van der Waals surface area contributed by atoms with Gasteiger partial charge in [-0.15, -0.1) is 0 Å². The number of para-hydroxylation sites is 1. The van der Waals surface area contributed by atoms with Crippen LogP contribution in [-0.4, -0.2) is 48.2 Å². The van der Waals surface area contributed by atoms with Crippen LogP contribution in [0.25, 0.3) is 27.8 Å². The van der Waals surface area contributed by atoms with Gasteiger partial charge in [-0.3, -0.25) is 19.0 Å². The van der Waals surface area contributed by atoms with Gasteiger partial charge < -0.3 is 26.0 Å². The van der Waals surface area contributed by atoms with Gasteiger partial charge in [0.05, 0.1) is 23.1 Å². The molecule has 0 saturated heterocycles. The van der Waals surface area contributed by atoms with Gasteiger partial charge in [0.25, 0.3) is 17.4 Å². The molecule has 5 N–H and O–H groups in total. The molecule has 0 aliphatic carbocycles. The largest absolute Gasteiger partial charge is 0.389 e. The number of amides is 2. The number of anilines is 2. The standard InChI is InChI=1S/C31H29N7O4/c1-31(2,42)16-37-15-23(25-26(32)34-17-35-27(25)37)18-8-10-19(11-9-18)36-29(40)22-14-21-24(12-13-33-28(21)39)38(30(22)41)20-6-4-3-5-7-20/h3-11,14-15,17,42H,12-13,16H2,1-2H3,(H,33,39)(H,36,40)(H2,32,34,35). The summed E-state index contributed by atoms with van der Waals surface area (Å²) in [6, 6.07) is 17.4. The number of hydrogen-bond acceptors (Lipinski definition) is 7. The van der Waals surface area contributed by atoms with Gasteiger partial charge in [-0.1, -0.05) is 30.3 Å². The van der Waals surface area contributed by atoms with E-state index in [0.29, 0.717) is 59.0 Å². The molecule has 42 heavy (non-hydrogen) atoms. The van der Waals surface area contributed by atoms with E-state index in [1.165, 1.54) is 17.0 Å². The van der Waals surface area contributed by atoms with E-state index in [0.717, 1.165) is 11.1 Å². The molecule has 212 valence electrons. The van der Waals surface area contributed by atoms with Gasteiger partial charge in [-0.25, -0.2) is 9.97 Å². The van der Waals surface area contributed by atoms with Crippen LogP contribution in [0.3, 0.4) is 0 Å². The van der Waals surface area contributed by atoms with Crippen LogP contribution >= 0.6 is 0 Å². The monoisotopic (exact) mass is 563 g/mol. The van der Waals surface area contributed by atoms with Crippen molar-refractivity contribution >= 4 is 34.4 Å². The lowest BCUT2D eigenvalue weighted by atomic mass is 10.0. The molecule has 0 fully saturated rings. The Morgan fingerprint density at radius 2 is 1.81 bits per heavy atom. The molecule has 4 heterocycles. The highest BCUT2D eigenvalue weighted by atomic mass is 16.3. The molecule has 5 aromatic rings. The van der Waals surface area contributed by atoms with E-state index in [9.17, 15) is 19.5 Å². The van der Waals surface area contributed by atoms with Crippen LogP contribution in [0.4, 0.5) is 11.5 Å².